The highest BCUT2D eigenvalue weighted by atomic mass is 16.5. The lowest BCUT2D eigenvalue weighted by molar-refractivity contribution is 0.0598. The Labute approximate surface area is 119 Å². The molecule has 4 heteroatoms. The minimum atomic E-state index is 0.690. The van der Waals surface area contributed by atoms with E-state index in [1.54, 1.807) is 7.11 Å². The van der Waals surface area contributed by atoms with E-state index < -0.39 is 0 Å². The fraction of sp³-hybridized carbons (Fsp3) is 1.00. The lowest BCUT2D eigenvalue weighted by atomic mass is 10.1. The second-order valence-electron chi connectivity index (χ2n) is 5.83. The van der Waals surface area contributed by atoms with Gasteiger partial charge in [-0.05, 0) is 46.6 Å². The van der Waals surface area contributed by atoms with Crippen molar-refractivity contribution in [2.75, 3.05) is 60.5 Å². The van der Waals surface area contributed by atoms with Crippen molar-refractivity contribution in [3.8, 4) is 0 Å². The molecule has 1 atom stereocenters. The first-order chi connectivity index (χ1) is 9.12. The summed E-state index contributed by atoms with van der Waals surface area (Å²) in [6, 6.07) is 1.54. The highest BCUT2D eigenvalue weighted by Gasteiger charge is 2.26. The first-order valence-electron chi connectivity index (χ1n) is 7.74. The average Bonchev–Trinajstić information content (AvgIpc) is 2.76. The van der Waals surface area contributed by atoms with E-state index in [4.69, 9.17) is 4.74 Å². The second kappa shape index (κ2) is 8.90. The van der Waals surface area contributed by atoms with Crippen LogP contribution in [0.3, 0.4) is 0 Å². The molecule has 19 heavy (non-hydrogen) atoms. The van der Waals surface area contributed by atoms with Gasteiger partial charge in [0.1, 0.15) is 0 Å². The number of methoxy groups -OCH3 is 1. The third-order valence-corrected chi connectivity index (χ3v) is 4.40. The van der Waals surface area contributed by atoms with E-state index in [0.717, 1.165) is 12.6 Å². The van der Waals surface area contributed by atoms with E-state index in [1.807, 2.05) is 0 Å². The molecule has 0 saturated carbocycles. The molecule has 2 rings (SSSR count). The third-order valence-electron chi connectivity index (χ3n) is 4.40. The number of hydrogen-bond acceptors (Lipinski definition) is 4. The molecule has 4 nitrogen and oxygen atoms in total. The minimum Gasteiger partial charge on any atom is -0.383 e. The normalized spacial score (nSPS) is 25.3. The predicted molar refractivity (Wildman–Crippen MR) is 81.7 cm³/mol. The lowest BCUT2D eigenvalue weighted by Crippen LogP contribution is -2.57. The number of rotatable bonds is 5. The van der Waals surface area contributed by atoms with Gasteiger partial charge in [0.2, 0.25) is 0 Å². The Bertz CT molecular complexity index is 227. The van der Waals surface area contributed by atoms with Gasteiger partial charge in [-0.2, -0.15) is 0 Å². The largest absolute Gasteiger partial charge is 0.383 e. The molecule has 0 aromatic rings. The van der Waals surface area contributed by atoms with Crippen LogP contribution in [0.1, 0.15) is 26.7 Å². The summed E-state index contributed by atoms with van der Waals surface area (Å²) in [5.41, 5.74) is 0. The number of ether oxygens (including phenoxy) is 1. The summed E-state index contributed by atoms with van der Waals surface area (Å²) < 4.78 is 5.05. The number of hydrogen-bond donors (Lipinski definition) is 0. The SMILES string of the molecule is CCN(CC)C1CN(C)C1.COCC1CCCN1C. The monoisotopic (exact) mass is 271 g/mol. The number of likely N-dealkylation sites (tertiary alicyclic amines) is 2. The Kier molecular flexibility index (Phi) is 7.91. The van der Waals surface area contributed by atoms with Crippen molar-refractivity contribution < 1.29 is 4.74 Å². The van der Waals surface area contributed by atoms with Crippen LogP contribution in [-0.2, 0) is 4.74 Å². The van der Waals surface area contributed by atoms with Gasteiger partial charge < -0.3 is 14.5 Å². The molecule has 2 fully saturated rings. The van der Waals surface area contributed by atoms with Crippen molar-refractivity contribution in [2.45, 2.75) is 38.8 Å². The Morgan fingerprint density at radius 2 is 1.79 bits per heavy atom. The van der Waals surface area contributed by atoms with Gasteiger partial charge in [0.05, 0.1) is 6.61 Å². The molecule has 0 aromatic carbocycles. The maximum atomic E-state index is 5.05. The van der Waals surface area contributed by atoms with Gasteiger partial charge in [0.25, 0.3) is 0 Å². The molecule has 0 amide bonds. The molecule has 2 saturated heterocycles. The first kappa shape index (κ1) is 16.9. The molecule has 0 aliphatic carbocycles. The fourth-order valence-corrected chi connectivity index (χ4v) is 3.02. The quantitative estimate of drug-likeness (QED) is 0.752. The van der Waals surface area contributed by atoms with Crippen LogP contribution < -0.4 is 0 Å². The highest BCUT2D eigenvalue weighted by molar-refractivity contribution is 4.84. The Balaban J connectivity index is 0.000000191. The fourth-order valence-electron chi connectivity index (χ4n) is 3.02. The Hall–Kier alpha value is -0.160. The van der Waals surface area contributed by atoms with E-state index in [2.05, 4.69) is 42.6 Å². The summed E-state index contributed by atoms with van der Waals surface area (Å²) in [6.07, 6.45) is 2.65. The van der Waals surface area contributed by atoms with Crippen LogP contribution in [-0.4, -0.2) is 87.3 Å². The highest BCUT2D eigenvalue weighted by Crippen LogP contribution is 2.14. The summed E-state index contributed by atoms with van der Waals surface area (Å²) in [5, 5.41) is 0. The summed E-state index contributed by atoms with van der Waals surface area (Å²) in [4.78, 5) is 7.26. The molecule has 0 bridgehead atoms. The van der Waals surface area contributed by atoms with Crippen LogP contribution in [0.2, 0.25) is 0 Å². The van der Waals surface area contributed by atoms with Crippen molar-refractivity contribution in [1.82, 2.24) is 14.7 Å². The van der Waals surface area contributed by atoms with Crippen molar-refractivity contribution in [1.29, 1.82) is 0 Å². The second-order valence-corrected chi connectivity index (χ2v) is 5.83. The lowest BCUT2D eigenvalue weighted by Gasteiger charge is -2.42. The molecule has 2 heterocycles. The maximum Gasteiger partial charge on any atom is 0.0617 e. The van der Waals surface area contributed by atoms with Crippen LogP contribution in [0.5, 0.6) is 0 Å². The summed E-state index contributed by atoms with van der Waals surface area (Å²) >= 11 is 0. The Morgan fingerprint density at radius 1 is 1.16 bits per heavy atom. The zero-order valence-corrected chi connectivity index (χ0v) is 13.6. The van der Waals surface area contributed by atoms with Crippen molar-refractivity contribution in [3.63, 3.8) is 0 Å². The van der Waals surface area contributed by atoms with Crippen LogP contribution in [0, 0.1) is 0 Å². The van der Waals surface area contributed by atoms with Gasteiger partial charge in [0.15, 0.2) is 0 Å². The van der Waals surface area contributed by atoms with Crippen LogP contribution in [0.4, 0.5) is 0 Å². The standard InChI is InChI=1S/C8H18N2.C7H15NO/c1-4-10(5-2)8-6-9(3)7-8;1-8-5-3-4-7(8)6-9-2/h8H,4-7H2,1-3H3;7H,3-6H2,1-2H3. The summed E-state index contributed by atoms with van der Waals surface area (Å²) in [7, 11) is 6.11. The molecule has 2 aliphatic heterocycles. The van der Waals surface area contributed by atoms with Crippen LogP contribution in [0.15, 0.2) is 0 Å². The van der Waals surface area contributed by atoms with E-state index in [9.17, 15) is 0 Å². The van der Waals surface area contributed by atoms with Crippen LogP contribution >= 0.6 is 0 Å². The van der Waals surface area contributed by atoms with Crippen molar-refractivity contribution in [3.05, 3.63) is 0 Å². The smallest absolute Gasteiger partial charge is 0.0617 e. The molecule has 114 valence electrons. The average molecular weight is 271 g/mol. The Morgan fingerprint density at radius 3 is 2.16 bits per heavy atom. The van der Waals surface area contributed by atoms with Crippen molar-refractivity contribution >= 4 is 0 Å². The van der Waals surface area contributed by atoms with E-state index in [-0.39, 0.29) is 0 Å². The molecule has 1 unspecified atom stereocenters. The number of nitrogens with zero attached hydrogens (tertiary/aromatic N) is 3. The molecule has 0 aromatic heterocycles. The van der Waals surface area contributed by atoms with Gasteiger partial charge in [-0.1, -0.05) is 13.8 Å². The molecule has 0 spiro atoms. The van der Waals surface area contributed by atoms with E-state index in [0.29, 0.717) is 6.04 Å². The topological polar surface area (TPSA) is 19.0 Å². The first-order valence-corrected chi connectivity index (χ1v) is 7.74. The van der Waals surface area contributed by atoms with Gasteiger partial charge in [0, 0.05) is 32.3 Å². The van der Waals surface area contributed by atoms with Gasteiger partial charge in [-0.3, -0.25) is 4.90 Å². The van der Waals surface area contributed by atoms with Gasteiger partial charge >= 0.3 is 0 Å². The van der Waals surface area contributed by atoms with Crippen molar-refractivity contribution in [2.24, 2.45) is 0 Å². The van der Waals surface area contributed by atoms with Crippen LogP contribution in [0.25, 0.3) is 0 Å². The number of likely N-dealkylation sites (N-methyl/N-ethyl adjacent to an activating group) is 3. The van der Waals surface area contributed by atoms with Gasteiger partial charge in [-0.15, -0.1) is 0 Å². The van der Waals surface area contributed by atoms with E-state index in [1.165, 1.54) is 45.6 Å². The molecule has 0 radical (unpaired) electrons. The minimum absolute atomic E-state index is 0.690. The molecular formula is C15H33N3O. The third kappa shape index (κ3) is 5.38. The van der Waals surface area contributed by atoms with Gasteiger partial charge in [-0.25, -0.2) is 0 Å². The zero-order valence-electron chi connectivity index (χ0n) is 13.6. The molecule has 0 N–H and O–H groups in total. The zero-order chi connectivity index (χ0) is 14.3. The summed E-state index contributed by atoms with van der Waals surface area (Å²) in [5.74, 6) is 0. The molecule has 2 aliphatic rings. The van der Waals surface area contributed by atoms with E-state index >= 15 is 0 Å². The predicted octanol–water partition coefficient (Wildman–Crippen LogP) is 1.37. The maximum absolute atomic E-state index is 5.05. The molecular weight excluding hydrogens is 238 g/mol. The summed E-state index contributed by atoms with van der Waals surface area (Å²) in [6.45, 7) is 11.6.